The number of rotatable bonds is 1. The maximum atomic E-state index is 9.01. The van der Waals surface area contributed by atoms with Crippen LogP contribution in [0.5, 0.6) is 0 Å². The van der Waals surface area contributed by atoms with E-state index in [0.717, 1.165) is 10.9 Å². The van der Waals surface area contributed by atoms with Crippen LogP contribution in [0.25, 0.3) is 10.1 Å². The summed E-state index contributed by atoms with van der Waals surface area (Å²) in [6.07, 6.45) is 2.05. The summed E-state index contributed by atoms with van der Waals surface area (Å²) in [5.41, 5.74) is 0.783. The van der Waals surface area contributed by atoms with Crippen LogP contribution in [0.1, 0.15) is 5.56 Å². The molecule has 0 radical (unpaired) electrons. The monoisotopic (exact) mass is 331 g/mol. The number of benzene rings is 1. The van der Waals surface area contributed by atoms with Crippen molar-refractivity contribution in [1.29, 1.82) is 5.26 Å². The minimum atomic E-state index is 0.783. The Hall–Kier alpha value is -0.250. The molecule has 0 aliphatic rings. The third-order valence-electron chi connectivity index (χ3n) is 1.96. The summed E-state index contributed by atoms with van der Waals surface area (Å²) in [5.74, 6) is 0. The van der Waals surface area contributed by atoms with Gasteiger partial charge < -0.3 is 0 Å². The van der Waals surface area contributed by atoms with Crippen molar-refractivity contribution in [3.63, 3.8) is 0 Å². The third kappa shape index (κ3) is 1.53. The Bertz CT molecular complexity index is 525. The van der Waals surface area contributed by atoms with Crippen molar-refractivity contribution in [2.75, 3.05) is 6.26 Å². The Morgan fingerprint density at radius 3 is 2.93 bits per heavy atom. The van der Waals surface area contributed by atoms with Crippen LogP contribution >= 0.6 is 45.7 Å². The van der Waals surface area contributed by atoms with Crippen LogP contribution in [-0.2, 0) is 0 Å². The number of halogens is 1. The molecule has 0 spiro atoms. The van der Waals surface area contributed by atoms with E-state index in [0.29, 0.717) is 0 Å². The Labute approximate surface area is 104 Å². The maximum absolute atomic E-state index is 9.01. The largest absolute Gasteiger partial charge is 0.192 e. The highest BCUT2D eigenvalue weighted by molar-refractivity contribution is 14.1. The number of thiophene rings is 1. The van der Waals surface area contributed by atoms with E-state index in [1.165, 1.54) is 12.5 Å². The second kappa shape index (κ2) is 4.09. The molecule has 2 rings (SSSR count). The Morgan fingerprint density at radius 2 is 2.29 bits per heavy atom. The molecular formula is C10H6INS2. The van der Waals surface area contributed by atoms with E-state index < -0.39 is 0 Å². The lowest BCUT2D eigenvalue weighted by molar-refractivity contribution is 1.49. The lowest BCUT2D eigenvalue weighted by Crippen LogP contribution is -1.76. The zero-order valence-electron chi connectivity index (χ0n) is 7.37. The van der Waals surface area contributed by atoms with E-state index in [9.17, 15) is 0 Å². The first-order valence-corrected chi connectivity index (χ1v) is 7.05. The molecule has 0 N–H and O–H groups in total. The van der Waals surface area contributed by atoms with Crippen LogP contribution in [0.15, 0.2) is 23.1 Å². The second-order valence-electron chi connectivity index (χ2n) is 2.70. The molecule has 2 aromatic rings. The lowest BCUT2D eigenvalue weighted by Gasteiger charge is -1.96. The SMILES string of the molecule is CSc1c(I)sc2cccc(C#N)c12. The molecule has 0 bridgehead atoms. The summed E-state index contributed by atoms with van der Waals surface area (Å²) >= 11 is 5.80. The molecule has 0 saturated carbocycles. The van der Waals surface area contributed by atoms with Crippen molar-refractivity contribution in [3.05, 3.63) is 26.6 Å². The van der Waals surface area contributed by atoms with E-state index in [1.807, 2.05) is 12.1 Å². The van der Waals surface area contributed by atoms with E-state index in [1.54, 1.807) is 23.1 Å². The van der Waals surface area contributed by atoms with Gasteiger partial charge in [0.05, 0.1) is 14.5 Å². The van der Waals surface area contributed by atoms with Gasteiger partial charge in [-0.15, -0.1) is 23.1 Å². The average molecular weight is 331 g/mol. The highest BCUT2D eigenvalue weighted by Gasteiger charge is 2.12. The van der Waals surface area contributed by atoms with Crippen molar-refractivity contribution >= 4 is 55.8 Å². The van der Waals surface area contributed by atoms with Gasteiger partial charge in [-0.05, 0) is 41.0 Å². The normalized spacial score (nSPS) is 10.4. The van der Waals surface area contributed by atoms with Gasteiger partial charge in [0.25, 0.3) is 0 Å². The average Bonchev–Trinajstić information content (AvgIpc) is 2.52. The van der Waals surface area contributed by atoms with E-state index in [-0.39, 0.29) is 0 Å². The maximum Gasteiger partial charge on any atom is 0.0998 e. The van der Waals surface area contributed by atoms with Gasteiger partial charge in [0, 0.05) is 15.0 Å². The van der Waals surface area contributed by atoms with E-state index in [2.05, 4.69) is 41.0 Å². The van der Waals surface area contributed by atoms with Crippen molar-refractivity contribution < 1.29 is 0 Å². The zero-order chi connectivity index (χ0) is 10.1. The van der Waals surface area contributed by atoms with Gasteiger partial charge >= 0.3 is 0 Å². The molecule has 70 valence electrons. The number of hydrogen-bond donors (Lipinski definition) is 0. The van der Waals surface area contributed by atoms with Crippen LogP contribution in [-0.4, -0.2) is 6.26 Å². The first kappa shape index (κ1) is 10.3. The third-order valence-corrected chi connectivity index (χ3v) is 5.41. The predicted molar refractivity (Wildman–Crippen MR) is 71.0 cm³/mol. The van der Waals surface area contributed by atoms with Crippen molar-refractivity contribution in [2.24, 2.45) is 0 Å². The number of nitrogens with zero attached hydrogens (tertiary/aromatic N) is 1. The van der Waals surface area contributed by atoms with E-state index >= 15 is 0 Å². The van der Waals surface area contributed by atoms with E-state index in [4.69, 9.17) is 5.26 Å². The smallest absolute Gasteiger partial charge is 0.0998 e. The summed E-state index contributed by atoms with van der Waals surface area (Å²) in [5, 5.41) is 10.1. The topological polar surface area (TPSA) is 23.8 Å². The second-order valence-corrected chi connectivity index (χ2v) is 6.38. The highest BCUT2D eigenvalue weighted by Crippen LogP contribution is 2.39. The number of fused-ring (bicyclic) bond motifs is 1. The molecule has 14 heavy (non-hydrogen) atoms. The Balaban J connectivity index is 2.91. The lowest BCUT2D eigenvalue weighted by atomic mass is 10.1. The fourth-order valence-corrected chi connectivity index (χ4v) is 4.88. The van der Waals surface area contributed by atoms with Crippen LogP contribution in [0.2, 0.25) is 0 Å². The molecule has 0 unspecified atom stereocenters. The van der Waals surface area contributed by atoms with Gasteiger partial charge in [-0.1, -0.05) is 6.07 Å². The number of nitriles is 1. The number of hydrogen-bond acceptors (Lipinski definition) is 3. The molecule has 0 amide bonds. The molecule has 0 atom stereocenters. The molecule has 4 heteroatoms. The molecule has 0 aliphatic carbocycles. The van der Waals surface area contributed by atoms with Crippen molar-refractivity contribution in [3.8, 4) is 6.07 Å². The minimum Gasteiger partial charge on any atom is -0.192 e. The fourth-order valence-electron chi connectivity index (χ4n) is 1.37. The highest BCUT2D eigenvalue weighted by atomic mass is 127. The molecule has 0 aliphatic heterocycles. The van der Waals surface area contributed by atoms with Gasteiger partial charge in [-0.3, -0.25) is 0 Å². The van der Waals surface area contributed by atoms with Gasteiger partial charge in [-0.2, -0.15) is 5.26 Å². The minimum absolute atomic E-state index is 0.783. The summed E-state index contributed by atoms with van der Waals surface area (Å²) in [4.78, 5) is 1.24. The van der Waals surface area contributed by atoms with Crippen molar-refractivity contribution in [1.82, 2.24) is 0 Å². The molecule has 1 aromatic heterocycles. The fraction of sp³-hybridized carbons (Fsp3) is 0.100. The zero-order valence-corrected chi connectivity index (χ0v) is 11.2. The predicted octanol–water partition coefficient (Wildman–Crippen LogP) is 4.10. The first-order chi connectivity index (χ1) is 6.77. The van der Waals surface area contributed by atoms with Crippen LogP contribution < -0.4 is 0 Å². The Kier molecular flexibility index (Phi) is 3.00. The molecule has 0 saturated heterocycles. The molecule has 1 heterocycles. The molecule has 1 nitrogen and oxygen atoms in total. The first-order valence-electron chi connectivity index (χ1n) is 3.93. The van der Waals surface area contributed by atoms with Gasteiger partial charge in [0.15, 0.2) is 0 Å². The van der Waals surface area contributed by atoms with Gasteiger partial charge in [-0.25, -0.2) is 0 Å². The van der Waals surface area contributed by atoms with Gasteiger partial charge in [0.2, 0.25) is 0 Å². The summed E-state index contributed by atoms with van der Waals surface area (Å²) in [6.45, 7) is 0. The number of thioether (sulfide) groups is 1. The van der Waals surface area contributed by atoms with Crippen molar-refractivity contribution in [2.45, 2.75) is 4.90 Å². The Morgan fingerprint density at radius 1 is 1.50 bits per heavy atom. The molecule has 0 fully saturated rings. The van der Waals surface area contributed by atoms with Crippen LogP contribution in [0.3, 0.4) is 0 Å². The molecular weight excluding hydrogens is 325 g/mol. The quantitative estimate of drug-likeness (QED) is 0.580. The van der Waals surface area contributed by atoms with Crippen LogP contribution in [0, 0.1) is 14.2 Å². The van der Waals surface area contributed by atoms with Gasteiger partial charge in [0.1, 0.15) is 0 Å². The standard InChI is InChI=1S/C10H6INS2/c1-13-9-8-6(5-12)3-2-4-7(8)14-10(9)11/h2-4H,1H3. The summed E-state index contributed by atoms with van der Waals surface area (Å²) in [6, 6.07) is 8.14. The summed E-state index contributed by atoms with van der Waals surface area (Å²) < 4.78 is 2.48. The van der Waals surface area contributed by atoms with Crippen LogP contribution in [0.4, 0.5) is 0 Å². The molecule has 1 aromatic carbocycles. The summed E-state index contributed by atoms with van der Waals surface area (Å²) in [7, 11) is 0.